The number of carbonyl (C=O) groups excluding carboxylic acids is 2. The highest BCUT2D eigenvalue weighted by Gasteiger charge is 2.29. The van der Waals surface area contributed by atoms with Crippen LogP contribution in [0.1, 0.15) is 44.2 Å². The van der Waals surface area contributed by atoms with E-state index >= 15 is 0 Å². The molecule has 1 aliphatic carbocycles. The average Bonchev–Trinajstić information content (AvgIpc) is 3.09. The highest BCUT2D eigenvalue weighted by atomic mass is 16.5. The molecule has 0 aromatic heterocycles. The van der Waals surface area contributed by atoms with E-state index in [0.717, 1.165) is 11.1 Å². The second kappa shape index (κ2) is 10.3. The van der Waals surface area contributed by atoms with Gasteiger partial charge < -0.3 is 20.5 Å². The highest BCUT2D eigenvalue weighted by Crippen LogP contribution is 2.44. The quantitative estimate of drug-likeness (QED) is 0.499. The first kappa shape index (κ1) is 24.0. The molecule has 7 nitrogen and oxygen atoms in total. The number of hydrogen-bond acceptors (Lipinski definition) is 4. The van der Waals surface area contributed by atoms with Crippen molar-refractivity contribution in [2.45, 2.75) is 33.1 Å². The summed E-state index contributed by atoms with van der Waals surface area (Å²) in [6, 6.07) is 16.3. The topological polar surface area (TPSA) is 105 Å². The molecule has 0 unspecified atom stereocenters. The Bertz CT molecular complexity index is 1030. The molecule has 0 atom stereocenters. The van der Waals surface area contributed by atoms with E-state index in [0.29, 0.717) is 5.57 Å². The van der Waals surface area contributed by atoms with Crippen LogP contribution in [0.25, 0.3) is 11.1 Å². The van der Waals surface area contributed by atoms with Crippen molar-refractivity contribution in [1.29, 1.82) is 0 Å². The summed E-state index contributed by atoms with van der Waals surface area (Å²) in [5.41, 5.74) is 4.49. The Morgan fingerprint density at radius 1 is 1.00 bits per heavy atom. The number of amides is 2. The minimum absolute atomic E-state index is 0.0136. The zero-order valence-corrected chi connectivity index (χ0v) is 19.2. The van der Waals surface area contributed by atoms with Crippen LogP contribution < -0.4 is 10.6 Å². The highest BCUT2D eigenvalue weighted by molar-refractivity contribution is 5.92. The molecule has 0 fully saturated rings. The molecule has 0 spiro atoms. The number of alkyl carbamates (subject to hydrolysis) is 1. The first-order valence-corrected chi connectivity index (χ1v) is 10.9. The van der Waals surface area contributed by atoms with Crippen LogP contribution in [0, 0.1) is 5.41 Å². The Labute approximate surface area is 193 Å². The zero-order valence-electron chi connectivity index (χ0n) is 19.2. The van der Waals surface area contributed by atoms with E-state index in [4.69, 9.17) is 9.84 Å². The van der Waals surface area contributed by atoms with Crippen LogP contribution in [-0.4, -0.2) is 42.8 Å². The molecule has 3 rings (SSSR count). The first-order chi connectivity index (χ1) is 15.7. The average molecular weight is 451 g/mol. The van der Waals surface area contributed by atoms with Gasteiger partial charge in [-0.2, -0.15) is 0 Å². The first-order valence-electron chi connectivity index (χ1n) is 10.9. The Morgan fingerprint density at radius 2 is 1.58 bits per heavy atom. The lowest BCUT2D eigenvalue weighted by atomic mass is 9.89. The van der Waals surface area contributed by atoms with Gasteiger partial charge in [0.2, 0.25) is 5.91 Å². The number of carboxylic acid groups (broad SMARTS) is 1. The van der Waals surface area contributed by atoms with Gasteiger partial charge in [-0.15, -0.1) is 0 Å². The van der Waals surface area contributed by atoms with Crippen LogP contribution in [0.5, 0.6) is 0 Å². The molecule has 3 N–H and O–H groups in total. The third-order valence-corrected chi connectivity index (χ3v) is 5.71. The smallest absolute Gasteiger partial charge is 0.407 e. The summed E-state index contributed by atoms with van der Waals surface area (Å²) in [6.07, 6.45) is 1.00. The van der Waals surface area contributed by atoms with Gasteiger partial charge in [0, 0.05) is 24.6 Å². The monoisotopic (exact) mass is 450 g/mol. The van der Waals surface area contributed by atoms with E-state index in [1.807, 2.05) is 24.3 Å². The summed E-state index contributed by atoms with van der Waals surface area (Å²) in [5, 5.41) is 14.3. The van der Waals surface area contributed by atoms with Crippen molar-refractivity contribution in [1.82, 2.24) is 10.6 Å². The number of nitrogens with one attached hydrogen (secondary N) is 2. The maximum absolute atomic E-state index is 12.2. The fourth-order valence-electron chi connectivity index (χ4n) is 3.96. The Kier molecular flexibility index (Phi) is 7.53. The molecule has 33 heavy (non-hydrogen) atoms. The predicted molar refractivity (Wildman–Crippen MR) is 126 cm³/mol. The van der Waals surface area contributed by atoms with Crippen molar-refractivity contribution in [3.63, 3.8) is 0 Å². The molecular formula is C26H30N2O5. The normalized spacial score (nSPS) is 13.1. The van der Waals surface area contributed by atoms with Crippen molar-refractivity contribution >= 4 is 18.0 Å². The Hall–Kier alpha value is -3.61. The number of rotatable bonds is 9. The van der Waals surface area contributed by atoms with Crippen LogP contribution in [0.2, 0.25) is 0 Å². The van der Waals surface area contributed by atoms with E-state index in [-0.39, 0.29) is 37.9 Å². The predicted octanol–water partition coefficient (Wildman–Crippen LogP) is 4.09. The Morgan fingerprint density at radius 3 is 2.15 bits per heavy atom. The fraction of sp³-hybridized carbons (Fsp3) is 0.346. The number of carbonyl (C=O) groups is 3. The van der Waals surface area contributed by atoms with E-state index in [1.165, 1.54) is 11.1 Å². The number of carboxylic acids is 1. The van der Waals surface area contributed by atoms with Crippen LogP contribution in [0.3, 0.4) is 0 Å². The van der Waals surface area contributed by atoms with Crippen LogP contribution in [0.4, 0.5) is 4.79 Å². The fourth-order valence-corrected chi connectivity index (χ4v) is 3.96. The van der Waals surface area contributed by atoms with Crippen molar-refractivity contribution in [2.75, 3.05) is 19.7 Å². The molecular weight excluding hydrogens is 420 g/mol. The summed E-state index contributed by atoms with van der Waals surface area (Å²) < 4.78 is 5.48. The van der Waals surface area contributed by atoms with Gasteiger partial charge in [0.25, 0.3) is 0 Å². The van der Waals surface area contributed by atoms with Gasteiger partial charge in [-0.05, 0) is 34.6 Å². The van der Waals surface area contributed by atoms with Gasteiger partial charge in [-0.1, -0.05) is 68.5 Å². The van der Waals surface area contributed by atoms with Gasteiger partial charge in [0.15, 0.2) is 0 Å². The summed E-state index contributed by atoms with van der Waals surface area (Å²) >= 11 is 0. The van der Waals surface area contributed by atoms with Gasteiger partial charge in [0.1, 0.15) is 6.61 Å². The van der Waals surface area contributed by atoms with Crippen molar-refractivity contribution in [3.8, 4) is 11.1 Å². The minimum atomic E-state index is -0.909. The van der Waals surface area contributed by atoms with Crippen LogP contribution in [0.15, 0.2) is 60.2 Å². The summed E-state index contributed by atoms with van der Waals surface area (Å²) in [6.45, 7) is 5.80. The van der Waals surface area contributed by atoms with Crippen molar-refractivity contribution in [3.05, 3.63) is 71.3 Å². The lowest BCUT2D eigenvalue weighted by molar-refractivity contribution is -0.139. The van der Waals surface area contributed by atoms with E-state index in [2.05, 4.69) is 34.9 Å². The number of benzene rings is 2. The van der Waals surface area contributed by atoms with E-state index in [9.17, 15) is 14.4 Å². The van der Waals surface area contributed by atoms with Crippen molar-refractivity contribution in [2.24, 2.45) is 5.41 Å². The number of ether oxygens (including phenoxy) is 1. The third kappa shape index (κ3) is 6.22. The SMILES string of the molecule is C/C(=C\CNC(=O)OCC1c2ccccc2-c2ccccc21)C(=O)NCC(C)(C)CC(=O)O. The largest absolute Gasteiger partial charge is 0.481 e. The summed E-state index contributed by atoms with van der Waals surface area (Å²) in [4.78, 5) is 35.3. The lowest BCUT2D eigenvalue weighted by Gasteiger charge is -2.22. The number of fused-ring (bicyclic) bond motifs is 3. The maximum Gasteiger partial charge on any atom is 0.407 e. The molecule has 0 heterocycles. The number of hydrogen-bond donors (Lipinski definition) is 3. The van der Waals surface area contributed by atoms with Crippen molar-refractivity contribution < 1.29 is 24.2 Å². The molecule has 2 aromatic rings. The van der Waals surface area contributed by atoms with Gasteiger partial charge in [-0.25, -0.2) is 4.79 Å². The molecule has 174 valence electrons. The third-order valence-electron chi connectivity index (χ3n) is 5.71. The summed E-state index contributed by atoms with van der Waals surface area (Å²) in [5.74, 6) is -1.23. The van der Waals surface area contributed by atoms with Gasteiger partial charge in [-0.3, -0.25) is 9.59 Å². The minimum Gasteiger partial charge on any atom is -0.481 e. The molecule has 0 radical (unpaired) electrons. The standard InChI is InChI=1S/C26H30N2O5/c1-17(24(31)28-16-26(2,3)14-23(29)30)12-13-27-25(32)33-15-22-20-10-6-4-8-18(20)19-9-5-7-11-21(19)22/h4-12,22H,13-16H2,1-3H3,(H,27,32)(H,28,31)(H,29,30)/b17-12+. The zero-order chi connectivity index (χ0) is 24.0. The maximum atomic E-state index is 12.2. The van der Waals surface area contributed by atoms with E-state index < -0.39 is 17.5 Å². The molecule has 0 bridgehead atoms. The molecule has 0 saturated heterocycles. The van der Waals surface area contributed by atoms with Gasteiger partial charge >= 0.3 is 12.1 Å². The molecule has 0 aliphatic heterocycles. The van der Waals surface area contributed by atoms with E-state index in [1.54, 1.807) is 26.8 Å². The molecule has 0 saturated carbocycles. The molecule has 1 aliphatic rings. The van der Waals surface area contributed by atoms with Gasteiger partial charge in [0.05, 0.1) is 6.42 Å². The second-order valence-electron chi connectivity index (χ2n) is 9.01. The van der Waals surface area contributed by atoms with Crippen LogP contribution in [-0.2, 0) is 14.3 Å². The lowest BCUT2D eigenvalue weighted by Crippen LogP contribution is -2.36. The number of aliphatic carboxylic acids is 1. The second-order valence-corrected chi connectivity index (χ2v) is 9.01. The molecule has 2 amide bonds. The Balaban J connectivity index is 1.48. The van der Waals surface area contributed by atoms with Crippen LogP contribution >= 0.6 is 0 Å². The summed E-state index contributed by atoms with van der Waals surface area (Å²) in [7, 11) is 0. The molecule has 2 aromatic carbocycles. The molecule has 7 heteroatoms.